The van der Waals surface area contributed by atoms with Gasteiger partial charge in [-0.05, 0) is 97.1 Å². The number of nitrogens with zero attached hydrogens (tertiary/aromatic N) is 3. The molecule has 11 rings (SSSR count). The molecule has 3 nitrogen and oxygen atoms in total. The van der Waals surface area contributed by atoms with Crippen LogP contribution in [0.25, 0.3) is 78.4 Å². The van der Waals surface area contributed by atoms with Crippen LogP contribution in [0, 0.1) is 0 Å². The van der Waals surface area contributed by atoms with E-state index in [1.54, 1.807) is 0 Å². The second kappa shape index (κ2) is 12.4. The maximum Gasteiger partial charge on any atom is 0.160 e. The first-order valence-electron chi connectivity index (χ1n) is 18.8. The molecule has 0 radical (unpaired) electrons. The topological polar surface area (TPSA) is 38.7 Å². The molecule has 0 saturated carbocycles. The molecule has 3 heteroatoms. The largest absolute Gasteiger partial charge is 0.265 e. The Morgan fingerprint density at radius 2 is 0.764 bits per heavy atom. The zero-order valence-corrected chi connectivity index (χ0v) is 29.9. The maximum atomic E-state index is 5.16. The second-order valence-corrected chi connectivity index (χ2v) is 14.4. The lowest BCUT2D eigenvalue weighted by Gasteiger charge is -2.30. The van der Waals surface area contributed by atoms with E-state index in [4.69, 9.17) is 9.97 Å². The second-order valence-electron chi connectivity index (χ2n) is 14.4. The number of aromatic nitrogens is 3. The van der Waals surface area contributed by atoms with Crippen LogP contribution < -0.4 is 0 Å². The van der Waals surface area contributed by atoms with E-state index < -0.39 is 0 Å². The highest BCUT2D eigenvalue weighted by molar-refractivity contribution is 5.96. The van der Waals surface area contributed by atoms with Gasteiger partial charge in [0.05, 0.1) is 16.8 Å². The number of pyridine rings is 1. The van der Waals surface area contributed by atoms with E-state index in [9.17, 15) is 0 Å². The van der Waals surface area contributed by atoms with Crippen molar-refractivity contribution in [1.29, 1.82) is 0 Å². The fourth-order valence-corrected chi connectivity index (χ4v) is 8.97. The Kier molecular flexibility index (Phi) is 7.08. The number of fused-ring (bicyclic) bond motifs is 10. The highest BCUT2D eigenvalue weighted by Crippen LogP contribution is 2.62. The van der Waals surface area contributed by atoms with Crippen molar-refractivity contribution in [2.45, 2.75) is 5.41 Å². The van der Waals surface area contributed by atoms with E-state index >= 15 is 0 Å². The van der Waals surface area contributed by atoms with Crippen LogP contribution >= 0.6 is 0 Å². The minimum Gasteiger partial charge on any atom is -0.265 e. The van der Waals surface area contributed by atoms with E-state index in [1.165, 1.54) is 50.1 Å². The zero-order valence-electron chi connectivity index (χ0n) is 29.9. The fourth-order valence-electron chi connectivity index (χ4n) is 8.97. The summed E-state index contributed by atoms with van der Waals surface area (Å²) in [6.45, 7) is 0. The van der Waals surface area contributed by atoms with E-state index in [0.717, 1.165) is 44.8 Å². The summed E-state index contributed by atoms with van der Waals surface area (Å²) >= 11 is 0. The first kappa shape index (κ1) is 31.3. The molecule has 2 heterocycles. The molecule has 2 aromatic heterocycles. The summed E-state index contributed by atoms with van der Waals surface area (Å²) in [6.07, 6.45) is 3.65. The highest BCUT2D eigenvalue weighted by atomic mass is 14.9. The molecule has 0 amide bonds. The average Bonchev–Trinajstić information content (AvgIpc) is 3.74. The van der Waals surface area contributed by atoms with Gasteiger partial charge in [-0.3, -0.25) is 4.98 Å². The Morgan fingerprint density at radius 1 is 0.291 bits per heavy atom. The van der Waals surface area contributed by atoms with Gasteiger partial charge in [0, 0.05) is 29.1 Å². The molecule has 0 bridgehead atoms. The molecule has 0 aliphatic heterocycles. The number of benzene rings is 7. The average molecular weight is 700 g/mol. The molecule has 0 atom stereocenters. The van der Waals surface area contributed by atoms with Gasteiger partial charge in [-0.1, -0.05) is 158 Å². The molecule has 0 N–H and O–H groups in total. The summed E-state index contributed by atoms with van der Waals surface area (Å²) in [5, 5.41) is 0. The number of hydrogen-bond donors (Lipinski definition) is 0. The molecular formula is C52H33N3. The molecule has 0 unspecified atom stereocenters. The van der Waals surface area contributed by atoms with Crippen LogP contribution in [0.3, 0.4) is 0 Å². The smallest absolute Gasteiger partial charge is 0.160 e. The Balaban J connectivity index is 1.03. The molecule has 55 heavy (non-hydrogen) atoms. The molecule has 2 aliphatic carbocycles. The van der Waals surface area contributed by atoms with Gasteiger partial charge in [-0.15, -0.1) is 0 Å². The zero-order chi connectivity index (χ0) is 36.3. The molecule has 0 fully saturated rings. The molecule has 0 saturated heterocycles. The summed E-state index contributed by atoms with van der Waals surface area (Å²) in [5.41, 5.74) is 19.7. The Hall–Kier alpha value is -7.23. The summed E-state index contributed by atoms with van der Waals surface area (Å²) in [4.78, 5) is 14.4. The van der Waals surface area contributed by atoms with E-state index in [1.807, 2.05) is 42.7 Å². The van der Waals surface area contributed by atoms with Gasteiger partial charge in [0.2, 0.25) is 0 Å². The van der Waals surface area contributed by atoms with Gasteiger partial charge in [0.25, 0.3) is 0 Å². The van der Waals surface area contributed by atoms with Gasteiger partial charge in [-0.2, -0.15) is 0 Å². The highest BCUT2D eigenvalue weighted by Gasteiger charge is 2.51. The van der Waals surface area contributed by atoms with Crippen molar-refractivity contribution in [1.82, 2.24) is 15.0 Å². The predicted octanol–water partition coefficient (Wildman–Crippen LogP) is 12.6. The van der Waals surface area contributed by atoms with Crippen LogP contribution in [0.5, 0.6) is 0 Å². The Bertz CT molecular complexity index is 2870. The normalized spacial score (nSPS) is 12.9. The lowest BCUT2D eigenvalue weighted by molar-refractivity contribution is 0.794. The molecule has 9 aromatic rings. The van der Waals surface area contributed by atoms with Crippen LogP contribution in [-0.4, -0.2) is 15.0 Å². The van der Waals surface area contributed by atoms with Crippen molar-refractivity contribution in [3.63, 3.8) is 0 Å². The molecule has 256 valence electrons. The van der Waals surface area contributed by atoms with Crippen molar-refractivity contribution in [3.05, 3.63) is 223 Å². The lowest BCUT2D eigenvalue weighted by Crippen LogP contribution is -2.25. The lowest BCUT2D eigenvalue weighted by atomic mass is 9.70. The van der Waals surface area contributed by atoms with E-state index in [2.05, 4.69) is 163 Å². The SMILES string of the molecule is c1ccc(-c2nc(-c3ccc(-c4ccncc4)cc3)cc(-c3cccc(-c4ccc5c(c4)-c4ccccc4C54c5ccccc5-c5ccccc54)c3)n2)cc1. The first-order valence-corrected chi connectivity index (χ1v) is 18.8. The number of rotatable bonds is 5. The molecular weight excluding hydrogens is 667 g/mol. The Morgan fingerprint density at radius 3 is 1.44 bits per heavy atom. The molecule has 7 aromatic carbocycles. The maximum absolute atomic E-state index is 5.16. The van der Waals surface area contributed by atoms with Crippen LogP contribution in [-0.2, 0) is 5.41 Å². The van der Waals surface area contributed by atoms with Crippen LogP contribution in [0.1, 0.15) is 22.3 Å². The summed E-state index contributed by atoms with van der Waals surface area (Å²) in [7, 11) is 0. The van der Waals surface area contributed by atoms with Crippen molar-refractivity contribution in [3.8, 4) is 78.4 Å². The van der Waals surface area contributed by atoms with Crippen molar-refractivity contribution < 1.29 is 0 Å². The quantitative estimate of drug-likeness (QED) is 0.179. The van der Waals surface area contributed by atoms with Gasteiger partial charge in [-0.25, -0.2) is 9.97 Å². The van der Waals surface area contributed by atoms with Crippen LogP contribution in [0.2, 0.25) is 0 Å². The number of hydrogen-bond acceptors (Lipinski definition) is 3. The van der Waals surface area contributed by atoms with E-state index in [0.29, 0.717) is 5.82 Å². The van der Waals surface area contributed by atoms with E-state index in [-0.39, 0.29) is 5.41 Å². The molecule has 1 spiro atoms. The molecule has 2 aliphatic rings. The monoisotopic (exact) mass is 699 g/mol. The third-order valence-electron chi connectivity index (χ3n) is 11.4. The van der Waals surface area contributed by atoms with Crippen molar-refractivity contribution in [2.75, 3.05) is 0 Å². The van der Waals surface area contributed by atoms with Gasteiger partial charge >= 0.3 is 0 Å². The third-order valence-corrected chi connectivity index (χ3v) is 11.4. The minimum atomic E-state index is -0.346. The van der Waals surface area contributed by atoms with Gasteiger partial charge in [0.15, 0.2) is 5.82 Å². The summed E-state index contributed by atoms with van der Waals surface area (Å²) in [6, 6.07) is 67.8. The van der Waals surface area contributed by atoms with Crippen LogP contribution in [0.15, 0.2) is 200 Å². The third kappa shape index (κ3) is 4.87. The predicted molar refractivity (Wildman–Crippen MR) is 223 cm³/mol. The summed E-state index contributed by atoms with van der Waals surface area (Å²) in [5.74, 6) is 0.702. The van der Waals surface area contributed by atoms with Gasteiger partial charge in [0.1, 0.15) is 0 Å². The van der Waals surface area contributed by atoms with Gasteiger partial charge < -0.3 is 0 Å². The fraction of sp³-hybridized carbons (Fsp3) is 0.0192. The van der Waals surface area contributed by atoms with Crippen molar-refractivity contribution >= 4 is 0 Å². The van der Waals surface area contributed by atoms with Crippen molar-refractivity contribution in [2.24, 2.45) is 0 Å². The first-order chi connectivity index (χ1) is 27.3. The minimum absolute atomic E-state index is 0.346. The summed E-state index contributed by atoms with van der Waals surface area (Å²) < 4.78 is 0. The standard InChI is InChI=1S/C52H33N3/c1-2-11-37(12-3-1)51-54-49(36-23-21-34(22-24-36)35-27-29-53-30-28-35)33-50(55-51)40-14-10-13-38(31-40)39-25-26-48-44(32-39)43-17-6-9-20-47(43)52(48)45-18-7-4-15-41(45)42-16-5-8-19-46(42)52/h1-33H. The van der Waals surface area contributed by atoms with Crippen LogP contribution in [0.4, 0.5) is 0 Å². The Labute approximate surface area is 320 Å².